The Kier molecular flexibility index (Phi) is 2.10. The summed E-state index contributed by atoms with van der Waals surface area (Å²) in [5.41, 5.74) is 1.18. The molecule has 0 spiro atoms. The molecule has 2 rings (SSSR count). The molecule has 0 saturated carbocycles. The van der Waals surface area contributed by atoms with E-state index in [-0.39, 0.29) is 12.0 Å². The molecule has 74 valence electrons. The first-order valence-corrected chi connectivity index (χ1v) is 4.60. The van der Waals surface area contributed by atoms with Gasteiger partial charge in [-0.3, -0.25) is 4.79 Å². The first-order chi connectivity index (χ1) is 6.63. The summed E-state index contributed by atoms with van der Waals surface area (Å²) in [7, 11) is 0. The molecule has 14 heavy (non-hydrogen) atoms. The Morgan fingerprint density at radius 2 is 2.14 bits per heavy atom. The van der Waals surface area contributed by atoms with E-state index < -0.39 is 5.92 Å². The molecule has 1 aromatic carbocycles. The summed E-state index contributed by atoms with van der Waals surface area (Å²) in [5, 5.41) is 0. The molecule has 0 bridgehead atoms. The molecule has 0 fully saturated rings. The van der Waals surface area contributed by atoms with Crippen molar-refractivity contribution in [2.45, 2.75) is 25.2 Å². The van der Waals surface area contributed by atoms with Crippen LogP contribution in [0.4, 0.5) is 8.78 Å². The lowest BCUT2D eigenvalue weighted by Crippen LogP contribution is -2.20. The fourth-order valence-corrected chi connectivity index (χ4v) is 1.89. The molecule has 1 aliphatic carbocycles. The van der Waals surface area contributed by atoms with Crippen molar-refractivity contribution in [2.75, 3.05) is 0 Å². The lowest BCUT2D eigenvalue weighted by Gasteiger charge is -2.25. The fourth-order valence-electron chi connectivity index (χ4n) is 1.89. The third-order valence-corrected chi connectivity index (χ3v) is 2.60. The number of rotatable bonds is 1. The Morgan fingerprint density at radius 1 is 1.36 bits per heavy atom. The molecule has 0 saturated heterocycles. The monoisotopic (exact) mass is 196 g/mol. The normalized spacial score (nSPS) is 18.7. The van der Waals surface area contributed by atoms with Gasteiger partial charge in [-0.1, -0.05) is 12.1 Å². The molecule has 0 N–H and O–H groups in total. The maximum Gasteiger partial charge on any atom is 0.273 e. The minimum atomic E-state index is -2.71. The standard InChI is InChI=1S/C11H10F2O/c12-11(13)5-1-2-9-6-8(7-14)3-4-10(9)11/h3-4,6-7H,1-2,5H2. The third kappa shape index (κ3) is 1.43. The van der Waals surface area contributed by atoms with E-state index in [0.29, 0.717) is 30.3 Å². The number of halogens is 2. The summed E-state index contributed by atoms with van der Waals surface area (Å²) in [6.45, 7) is 0. The molecule has 0 radical (unpaired) electrons. The topological polar surface area (TPSA) is 17.1 Å². The van der Waals surface area contributed by atoms with Crippen LogP contribution >= 0.6 is 0 Å². The minimum Gasteiger partial charge on any atom is -0.298 e. The van der Waals surface area contributed by atoms with Gasteiger partial charge in [-0.15, -0.1) is 0 Å². The average molecular weight is 196 g/mol. The van der Waals surface area contributed by atoms with Crippen LogP contribution in [0.2, 0.25) is 0 Å². The smallest absolute Gasteiger partial charge is 0.273 e. The Bertz CT molecular complexity index is 372. The molecule has 1 nitrogen and oxygen atoms in total. The van der Waals surface area contributed by atoms with Crippen LogP contribution in [0.1, 0.15) is 34.3 Å². The molecule has 0 heterocycles. The van der Waals surface area contributed by atoms with Gasteiger partial charge in [-0.2, -0.15) is 0 Å². The summed E-state index contributed by atoms with van der Waals surface area (Å²) in [5.74, 6) is -2.71. The fraction of sp³-hybridized carbons (Fsp3) is 0.364. The van der Waals surface area contributed by atoms with Crippen molar-refractivity contribution in [3.8, 4) is 0 Å². The number of aryl methyl sites for hydroxylation is 1. The molecule has 0 aliphatic heterocycles. The lowest BCUT2D eigenvalue weighted by molar-refractivity contribution is -0.0216. The number of hydrogen-bond acceptors (Lipinski definition) is 1. The number of fused-ring (bicyclic) bond motifs is 1. The van der Waals surface area contributed by atoms with E-state index in [2.05, 4.69) is 0 Å². The highest BCUT2D eigenvalue weighted by molar-refractivity contribution is 5.75. The summed E-state index contributed by atoms with van der Waals surface area (Å²) in [6, 6.07) is 4.39. The number of aldehydes is 1. The maximum atomic E-state index is 13.3. The van der Waals surface area contributed by atoms with Gasteiger partial charge in [-0.05, 0) is 24.5 Å². The zero-order chi connectivity index (χ0) is 10.2. The van der Waals surface area contributed by atoms with Crippen molar-refractivity contribution in [2.24, 2.45) is 0 Å². The van der Waals surface area contributed by atoms with Gasteiger partial charge in [0.1, 0.15) is 6.29 Å². The number of carbonyl (C=O) groups excluding carboxylic acids is 1. The Balaban J connectivity index is 2.51. The lowest BCUT2D eigenvalue weighted by atomic mass is 9.88. The molecule has 0 unspecified atom stereocenters. The van der Waals surface area contributed by atoms with E-state index in [1.807, 2.05) is 0 Å². The van der Waals surface area contributed by atoms with Gasteiger partial charge in [0, 0.05) is 17.5 Å². The molecule has 0 atom stereocenters. The number of benzene rings is 1. The van der Waals surface area contributed by atoms with E-state index in [1.54, 1.807) is 6.07 Å². The van der Waals surface area contributed by atoms with Crippen LogP contribution in [0.3, 0.4) is 0 Å². The minimum absolute atomic E-state index is 0.0829. The highest BCUT2D eigenvalue weighted by atomic mass is 19.3. The predicted molar refractivity (Wildman–Crippen MR) is 48.7 cm³/mol. The SMILES string of the molecule is O=Cc1ccc2c(c1)CCCC2(F)F. The van der Waals surface area contributed by atoms with Crippen molar-refractivity contribution in [1.29, 1.82) is 0 Å². The van der Waals surface area contributed by atoms with Crippen LogP contribution in [0.15, 0.2) is 18.2 Å². The van der Waals surface area contributed by atoms with E-state index >= 15 is 0 Å². The van der Waals surface area contributed by atoms with Crippen molar-refractivity contribution in [1.82, 2.24) is 0 Å². The third-order valence-electron chi connectivity index (χ3n) is 2.60. The average Bonchev–Trinajstić information content (AvgIpc) is 2.16. The van der Waals surface area contributed by atoms with Gasteiger partial charge in [0.25, 0.3) is 5.92 Å². The van der Waals surface area contributed by atoms with E-state index in [4.69, 9.17) is 0 Å². The van der Waals surface area contributed by atoms with Crippen LogP contribution in [0.25, 0.3) is 0 Å². The van der Waals surface area contributed by atoms with Gasteiger partial charge in [0.05, 0.1) is 0 Å². The van der Waals surface area contributed by atoms with Crippen LogP contribution in [0, 0.1) is 0 Å². The van der Waals surface area contributed by atoms with Crippen molar-refractivity contribution >= 4 is 6.29 Å². The summed E-state index contributed by atoms with van der Waals surface area (Å²) in [6.07, 6.45) is 1.74. The first kappa shape index (κ1) is 9.31. The van der Waals surface area contributed by atoms with Crippen LogP contribution in [-0.4, -0.2) is 6.29 Å². The molecule has 1 aromatic rings. The second-order valence-electron chi connectivity index (χ2n) is 3.59. The Morgan fingerprint density at radius 3 is 2.86 bits per heavy atom. The van der Waals surface area contributed by atoms with Crippen LogP contribution in [-0.2, 0) is 12.3 Å². The second kappa shape index (κ2) is 3.15. The van der Waals surface area contributed by atoms with E-state index in [0.717, 1.165) is 0 Å². The quantitative estimate of drug-likeness (QED) is 0.631. The maximum absolute atomic E-state index is 13.3. The molecular weight excluding hydrogens is 186 g/mol. The highest BCUT2D eigenvalue weighted by Gasteiger charge is 2.36. The summed E-state index contributed by atoms with van der Waals surface area (Å²) in [4.78, 5) is 10.5. The van der Waals surface area contributed by atoms with Gasteiger partial charge in [0.2, 0.25) is 0 Å². The van der Waals surface area contributed by atoms with Crippen molar-refractivity contribution in [3.05, 3.63) is 34.9 Å². The molecular formula is C11H10F2O. The van der Waals surface area contributed by atoms with Gasteiger partial charge >= 0.3 is 0 Å². The van der Waals surface area contributed by atoms with Gasteiger partial charge in [0.15, 0.2) is 0 Å². The number of hydrogen-bond donors (Lipinski definition) is 0. The van der Waals surface area contributed by atoms with E-state index in [9.17, 15) is 13.6 Å². The highest BCUT2D eigenvalue weighted by Crippen LogP contribution is 2.39. The largest absolute Gasteiger partial charge is 0.298 e. The Labute approximate surface area is 80.7 Å². The zero-order valence-corrected chi connectivity index (χ0v) is 7.59. The Hall–Kier alpha value is -1.25. The molecule has 3 heteroatoms. The first-order valence-electron chi connectivity index (χ1n) is 4.60. The van der Waals surface area contributed by atoms with Crippen LogP contribution < -0.4 is 0 Å². The van der Waals surface area contributed by atoms with E-state index in [1.165, 1.54) is 12.1 Å². The van der Waals surface area contributed by atoms with Crippen molar-refractivity contribution in [3.63, 3.8) is 0 Å². The zero-order valence-electron chi connectivity index (χ0n) is 7.59. The van der Waals surface area contributed by atoms with Gasteiger partial charge in [-0.25, -0.2) is 8.78 Å². The second-order valence-corrected chi connectivity index (χ2v) is 3.59. The molecule has 0 aromatic heterocycles. The number of alkyl halides is 2. The van der Waals surface area contributed by atoms with Gasteiger partial charge < -0.3 is 0 Å². The number of carbonyl (C=O) groups is 1. The van der Waals surface area contributed by atoms with Crippen molar-refractivity contribution < 1.29 is 13.6 Å². The van der Waals surface area contributed by atoms with Crippen LogP contribution in [0.5, 0.6) is 0 Å². The summed E-state index contributed by atoms with van der Waals surface area (Å²) < 4.78 is 26.7. The predicted octanol–water partition coefficient (Wildman–Crippen LogP) is 2.93. The summed E-state index contributed by atoms with van der Waals surface area (Å²) >= 11 is 0. The molecule has 1 aliphatic rings. The molecule has 0 amide bonds.